The molecular formula is C21H23FN2O6. The first-order valence-corrected chi connectivity index (χ1v) is 8.94. The molecule has 0 radical (unpaired) electrons. The van der Waals surface area contributed by atoms with Gasteiger partial charge in [-0.15, -0.1) is 0 Å². The van der Waals surface area contributed by atoms with E-state index >= 15 is 0 Å². The summed E-state index contributed by atoms with van der Waals surface area (Å²) in [5.74, 6) is -1.46. The van der Waals surface area contributed by atoms with Crippen molar-refractivity contribution in [2.24, 2.45) is 0 Å². The van der Waals surface area contributed by atoms with Crippen molar-refractivity contribution >= 4 is 23.5 Å². The second kappa shape index (κ2) is 10.2. The van der Waals surface area contributed by atoms with E-state index in [-0.39, 0.29) is 29.4 Å². The molecule has 0 fully saturated rings. The number of hydrogen-bond acceptors (Lipinski definition) is 6. The highest BCUT2D eigenvalue weighted by Crippen LogP contribution is 2.33. The lowest BCUT2D eigenvalue weighted by atomic mass is 10.1. The first kappa shape index (κ1) is 22.7. The van der Waals surface area contributed by atoms with Gasteiger partial charge in [-0.1, -0.05) is 12.1 Å². The Morgan fingerprint density at radius 1 is 1.03 bits per heavy atom. The maximum atomic E-state index is 13.0. The summed E-state index contributed by atoms with van der Waals surface area (Å²) in [6.45, 7) is 1.01. The van der Waals surface area contributed by atoms with E-state index in [0.29, 0.717) is 5.75 Å². The number of ether oxygens (including phenoxy) is 3. The van der Waals surface area contributed by atoms with Crippen LogP contribution in [-0.2, 0) is 20.9 Å². The Morgan fingerprint density at radius 3 is 2.20 bits per heavy atom. The van der Waals surface area contributed by atoms with Gasteiger partial charge in [0, 0.05) is 32.6 Å². The quantitative estimate of drug-likeness (QED) is 0.663. The largest absolute Gasteiger partial charge is 0.493 e. The lowest BCUT2D eigenvalue weighted by molar-refractivity contribution is -0.133. The molecule has 2 aromatic carbocycles. The number of carbonyl (C=O) groups excluding carboxylic acids is 3. The molecule has 2 aromatic rings. The van der Waals surface area contributed by atoms with Crippen molar-refractivity contribution in [1.29, 1.82) is 0 Å². The van der Waals surface area contributed by atoms with Gasteiger partial charge in [0.2, 0.25) is 5.91 Å². The zero-order chi connectivity index (χ0) is 22.3. The van der Waals surface area contributed by atoms with Crippen molar-refractivity contribution < 1.29 is 33.0 Å². The Bertz CT molecular complexity index is 930. The van der Waals surface area contributed by atoms with Crippen molar-refractivity contribution in [3.8, 4) is 11.5 Å². The molecule has 0 aromatic heterocycles. The number of likely N-dealkylation sites (N-methyl/N-ethyl adjacent to an activating group) is 1. The van der Waals surface area contributed by atoms with E-state index in [1.54, 1.807) is 19.2 Å². The molecule has 30 heavy (non-hydrogen) atoms. The summed E-state index contributed by atoms with van der Waals surface area (Å²) in [4.78, 5) is 37.7. The number of nitrogens with zero attached hydrogens (tertiary/aromatic N) is 1. The van der Waals surface area contributed by atoms with Gasteiger partial charge >= 0.3 is 5.97 Å². The zero-order valence-electron chi connectivity index (χ0n) is 17.2. The Hall–Kier alpha value is -3.62. The summed E-state index contributed by atoms with van der Waals surface area (Å²) in [6.07, 6.45) is 0. The van der Waals surface area contributed by atoms with Crippen LogP contribution in [0.1, 0.15) is 22.8 Å². The van der Waals surface area contributed by atoms with Gasteiger partial charge in [-0.25, -0.2) is 9.18 Å². The standard InChI is InChI=1S/C21H23FN2O6/c1-13(25)23-17-10-19(29-4)18(28-3)9-16(17)21(27)30-12-20(26)24(2)11-14-5-7-15(22)8-6-14/h5-10H,11-12H2,1-4H3,(H,23,25). The number of amides is 2. The summed E-state index contributed by atoms with van der Waals surface area (Å²) in [5, 5.41) is 2.53. The van der Waals surface area contributed by atoms with E-state index in [1.807, 2.05) is 0 Å². The summed E-state index contributed by atoms with van der Waals surface area (Å²) in [6, 6.07) is 8.52. The highest BCUT2D eigenvalue weighted by atomic mass is 19.1. The molecule has 2 amide bonds. The molecule has 0 aliphatic carbocycles. The van der Waals surface area contributed by atoms with Crippen LogP contribution in [0.5, 0.6) is 11.5 Å². The van der Waals surface area contributed by atoms with E-state index in [1.165, 1.54) is 50.3 Å². The van der Waals surface area contributed by atoms with Gasteiger partial charge in [0.15, 0.2) is 18.1 Å². The minimum atomic E-state index is -0.816. The number of methoxy groups -OCH3 is 2. The first-order valence-electron chi connectivity index (χ1n) is 8.94. The van der Waals surface area contributed by atoms with E-state index in [4.69, 9.17) is 14.2 Å². The Morgan fingerprint density at radius 2 is 1.63 bits per heavy atom. The average Bonchev–Trinajstić information content (AvgIpc) is 2.72. The molecule has 9 heteroatoms. The van der Waals surface area contributed by atoms with Crippen LogP contribution >= 0.6 is 0 Å². The minimum Gasteiger partial charge on any atom is -0.493 e. The van der Waals surface area contributed by atoms with E-state index in [9.17, 15) is 18.8 Å². The summed E-state index contributed by atoms with van der Waals surface area (Å²) >= 11 is 0. The van der Waals surface area contributed by atoms with Crippen molar-refractivity contribution in [3.05, 3.63) is 53.3 Å². The van der Waals surface area contributed by atoms with Crippen LogP contribution in [0.3, 0.4) is 0 Å². The molecule has 0 aliphatic rings. The van der Waals surface area contributed by atoms with Gasteiger partial charge in [0.1, 0.15) is 5.82 Å². The van der Waals surface area contributed by atoms with Crippen LogP contribution in [0, 0.1) is 5.82 Å². The van der Waals surface area contributed by atoms with Crippen molar-refractivity contribution in [1.82, 2.24) is 4.90 Å². The third kappa shape index (κ3) is 5.94. The van der Waals surface area contributed by atoms with Crippen molar-refractivity contribution in [2.75, 3.05) is 33.2 Å². The van der Waals surface area contributed by atoms with E-state index in [2.05, 4.69) is 5.32 Å². The van der Waals surface area contributed by atoms with Gasteiger partial charge in [0.25, 0.3) is 5.91 Å². The predicted octanol–water partition coefficient (Wildman–Crippen LogP) is 2.62. The molecule has 2 rings (SSSR count). The van der Waals surface area contributed by atoms with Gasteiger partial charge < -0.3 is 24.4 Å². The Balaban J connectivity index is 2.09. The van der Waals surface area contributed by atoms with Crippen molar-refractivity contribution in [2.45, 2.75) is 13.5 Å². The first-order chi connectivity index (χ1) is 14.2. The summed E-state index contributed by atoms with van der Waals surface area (Å²) in [5.41, 5.74) is 0.903. The fourth-order valence-electron chi connectivity index (χ4n) is 2.61. The molecule has 0 aliphatic heterocycles. The van der Waals surface area contributed by atoms with Gasteiger partial charge in [0.05, 0.1) is 25.5 Å². The van der Waals surface area contributed by atoms with E-state index < -0.39 is 24.4 Å². The second-order valence-electron chi connectivity index (χ2n) is 6.39. The number of halogens is 1. The average molecular weight is 418 g/mol. The molecule has 0 saturated heterocycles. The maximum absolute atomic E-state index is 13.0. The van der Waals surface area contributed by atoms with Crippen LogP contribution in [0.25, 0.3) is 0 Å². The Labute approximate surface area is 173 Å². The topological polar surface area (TPSA) is 94.2 Å². The van der Waals surface area contributed by atoms with Gasteiger partial charge in [-0.3, -0.25) is 9.59 Å². The minimum absolute atomic E-state index is 0.0110. The summed E-state index contributed by atoms with van der Waals surface area (Å²) < 4.78 is 28.5. The van der Waals surface area contributed by atoms with Crippen LogP contribution in [0.15, 0.2) is 36.4 Å². The molecule has 8 nitrogen and oxygen atoms in total. The van der Waals surface area contributed by atoms with Gasteiger partial charge in [-0.05, 0) is 17.7 Å². The number of esters is 1. The molecule has 0 spiro atoms. The normalized spacial score (nSPS) is 10.2. The van der Waals surface area contributed by atoms with Crippen LogP contribution in [0.2, 0.25) is 0 Å². The number of nitrogens with one attached hydrogen (secondary N) is 1. The number of benzene rings is 2. The maximum Gasteiger partial charge on any atom is 0.340 e. The van der Waals surface area contributed by atoms with Crippen LogP contribution in [0.4, 0.5) is 10.1 Å². The Kier molecular flexibility index (Phi) is 7.74. The molecule has 0 saturated carbocycles. The number of hydrogen-bond donors (Lipinski definition) is 1. The van der Waals surface area contributed by atoms with Crippen LogP contribution < -0.4 is 14.8 Å². The number of carbonyl (C=O) groups is 3. The highest BCUT2D eigenvalue weighted by Gasteiger charge is 2.21. The lowest BCUT2D eigenvalue weighted by Gasteiger charge is -2.18. The number of rotatable bonds is 8. The monoisotopic (exact) mass is 418 g/mol. The van der Waals surface area contributed by atoms with Crippen molar-refractivity contribution in [3.63, 3.8) is 0 Å². The SMILES string of the molecule is COc1cc(NC(C)=O)c(C(=O)OCC(=O)N(C)Cc2ccc(F)cc2)cc1OC. The summed E-state index contributed by atoms with van der Waals surface area (Å²) in [7, 11) is 4.36. The fourth-order valence-corrected chi connectivity index (χ4v) is 2.61. The second-order valence-corrected chi connectivity index (χ2v) is 6.39. The molecule has 0 unspecified atom stereocenters. The lowest BCUT2D eigenvalue weighted by Crippen LogP contribution is -2.31. The number of anilines is 1. The smallest absolute Gasteiger partial charge is 0.340 e. The molecular weight excluding hydrogens is 395 g/mol. The van der Waals surface area contributed by atoms with Crippen LogP contribution in [-0.4, -0.2) is 50.6 Å². The predicted molar refractivity (Wildman–Crippen MR) is 107 cm³/mol. The third-order valence-corrected chi connectivity index (χ3v) is 4.14. The molecule has 0 bridgehead atoms. The molecule has 0 atom stereocenters. The third-order valence-electron chi connectivity index (χ3n) is 4.14. The zero-order valence-corrected chi connectivity index (χ0v) is 17.2. The van der Waals surface area contributed by atoms with E-state index in [0.717, 1.165) is 5.56 Å². The molecule has 160 valence electrons. The molecule has 0 heterocycles. The molecule has 1 N–H and O–H groups in total. The van der Waals surface area contributed by atoms with Gasteiger partial charge in [-0.2, -0.15) is 0 Å². The fraction of sp³-hybridized carbons (Fsp3) is 0.286. The highest BCUT2D eigenvalue weighted by molar-refractivity contribution is 6.02.